The predicted molar refractivity (Wildman–Crippen MR) is 130 cm³/mol. The zero-order chi connectivity index (χ0) is 26.0. The van der Waals surface area contributed by atoms with Gasteiger partial charge >= 0.3 is 5.97 Å². The number of aryl methyl sites for hydroxylation is 1. The number of aromatic nitrogens is 3. The molecule has 184 valence electrons. The summed E-state index contributed by atoms with van der Waals surface area (Å²) < 4.78 is 31.9. The maximum Gasteiger partial charge on any atom is 0.355 e. The van der Waals surface area contributed by atoms with E-state index in [9.17, 15) is 4.79 Å². The van der Waals surface area contributed by atoms with Gasteiger partial charge in [0.1, 0.15) is 11.4 Å². The van der Waals surface area contributed by atoms with Crippen molar-refractivity contribution in [2.45, 2.75) is 27.2 Å². The van der Waals surface area contributed by atoms with Crippen LogP contribution in [0.3, 0.4) is 0 Å². The number of nitriles is 1. The summed E-state index contributed by atoms with van der Waals surface area (Å²) in [6.45, 7) is 5.47. The molecule has 0 saturated carbocycles. The van der Waals surface area contributed by atoms with Gasteiger partial charge in [-0.1, -0.05) is 29.3 Å². The Balaban J connectivity index is 1.61. The van der Waals surface area contributed by atoms with E-state index in [4.69, 9.17) is 42.4 Å². The minimum Gasteiger partial charge on any atom is -0.461 e. The molecule has 2 aromatic heterocycles. The van der Waals surface area contributed by atoms with Gasteiger partial charge in [0.15, 0.2) is 11.6 Å². The van der Waals surface area contributed by atoms with Crippen LogP contribution < -0.4 is 4.74 Å². The number of ether oxygens (including phenoxy) is 2. The number of benzene rings is 2. The van der Waals surface area contributed by atoms with Gasteiger partial charge in [0.2, 0.25) is 11.8 Å². The molecule has 0 aliphatic carbocycles. The lowest BCUT2D eigenvalue weighted by atomic mass is 10.1. The topological polar surface area (TPSA) is 114 Å². The molecule has 0 aliphatic rings. The standard InChI is InChI=1S/C25H19Cl2FN4O4/c1-4-34-25(33)22-12(2)20(13(3)30-22)24-32-31-19(36-24)9-15-5-6-18(27)23(21(15)28)35-17-8-14(11-29)7-16(26)10-17/h5-8,10,30H,4,9H2,1-3H3. The molecule has 0 fully saturated rings. The van der Waals surface area contributed by atoms with E-state index < -0.39 is 11.8 Å². The summed E-state index contributed by atoms with van der Waals surface area (Å²) in [5, 5.41) is 17.5. The molecule has 0 bridgehead atoms. The second-order valence-corrected chi connectivity index (χ2v) is 8.61. The van der Waals surface area contributed by atoms with Crippen molar-refractivity contribution >= 4 is 29.2 Å². The van der Waals surface area contributed by atoms with Gasteiger partial charge in [0.05, 0.1) is 35.2 Å². The maximum atomic E-state index is 15.4. The van der Waals surface area contributed by atoms with Crippen molar-refractivity contribution in [3.8, 4) is 29.0 Å². The van der Waals surface area contributed by atoms with Crippen LogP contribution in [0.2, 0.25) is 10.0 Å². The lowest BCUT2D eigenvalue weighted by molar-refractivity contribution is 0.0519. The molecule has 0 aliphatic heterocycles. The van der Waals surface area contributed by atoms with Crippen LogP contribution in [-0.2, 0) is 11.2 Å². The number of H-pyrrole nitrogens is 1. The first-order valence-electron chi connectivity index (χ1n) is 10.8. The molecule has 2 aromatic carbocycles. The Morgan fingerprint density at radius 1 is 1.22 bits per heavy atom. The smallest absolute Gasteiger partial charge is 0.355 e. The Kier molecular flexibility index (Phi) is 7.29. The van der Waals surface area contributed by atoms with Crippen LogP contribution in [0.1, 0.15) is 45.7 Å². The first kappa shape index (κ1) is 25.2. The lowest BCUT2D eigenvalue weighted by Crippen LogP contribution is -2.06. The van der Waals surface area contributed by atoms with Crippen LogP contribution >= 0.6 is 23.2 Å². The van der Waals surface area contributed by atoms with Crippen molar-refractivity contribution in [2.75, 3.05) is 6.61 Å². The average molecular weight is 529 g/mol. The summed E-state index contributed by atoms with van der Waals surface area (Å²) >= 11 is 12.2. The predicted octanol–water partition coefficient (Wildman–Crippen LogP) is 6.56. The lowest BCUT2D eigenvalue weighted by Gasteiger charge is -2.11. The second kappa shape index (κ2) is 10.4. The molecule has 0 unspecified atom stereocenters. The Labute approximate surface area is 215 Å². The summed E-state index contributed by atoms with van der Waals surface area (Å²) in [7, 11) is 0. The largest absolute Gasteiger partial charge is 0.461 e. The molecule has 0 amide bonds. The number of aromatic amines is 1. The van der Waals surface area contributed by atoms with Crippen molar-refractivity contribution in [2.24, 2.45) is 0 Å². The number of halogens is 3. The minimum absolute atomic E-state index is 0.0334. The van der Waals surface area contributed by atoms with Crippen molar-refractivity contribution in [1.29, 1.82) is 5.26 Å². The van der Waals surface area contributed by atoms with E-state index >= 15 is 4.39 Å². The summed E-state index contributed by atoms with van der Waals surface area (Å²) in [6, 6.07) is 9.25. The van der Waals surface area contributed by atoms with E-state index in [-0.39, 0.29) is 57.5 Å². The highest BCUT2D eigenvalue weighted by atomic mass is 35.5. The molecule has 0 spiro atoms. The summed E-state index contributed by atoms with van der Waals surface area (Å²) in [4.78, 5) is 15.2. The normalized spacial score (nSPS) is 10.8. The van der Waals surface area contributed by atoms with Gasteiger partial charge < -0.3 is 18.9 Å². The van der Waals surface area contributed by atoms with E-state index in [1.165, 1.54) is 30.3 Å². The molecule has 0 radical (unpaired) electrons. The van der Waals surface area contributed by atoms with Gasteiger partial charge in [-0.3, -0.25) is 0 Å². The molecule has 0 saturated heterocycles. The number of esters is 1. The Bertz CT molecular complexity index is 1510. The highest BCUT2D eigenvalue weighted by Gasteiger charge is 2.24. The molecule has 36 heavy (non-hydrogen) atoms. The zero-order valence-corrected chi connectivity index (χ0v) is 20.9. The third-order valence-corrected chi connectivity index (χ3v) is 5.80. The van der Waals surface area contributed by atoms with Crippen LogP contribution in [0, 0.1) is 31.0 Å². The number of hydrogen-bond donors (Lipinski definition) is 1. The highest BCUT2D eigenvalue weighted by Crippen LogP contribution is 2.36. The van der Waals surface area contributed by atoms with Crippen molar-refractivity contribution in [1.82, 2.24) is 15.2 Å². The summed E-state index contributed by atoms with van der Waals surface area (Å²) in [5.74, 6) is -0.949. The van der Waals surface area contributed by atoms with E-state index in [1.54, 1.807) is 20.8 Å². The molecule has 8 nitrogen and oxygen atoms in total. The van der Waals surface area contributed by atoms with Crippen LogP contribution in [0.4, 0.5) is 4.39 Å². The highest BCUT2D eigenvalue weighted by molar-refractivity contribution is 6.32. The summed E-state index contributed by atoms with van der Waals surface area (Å²) in [5.41, 5.74) is 2.58. The first-order valence-corrected chi connectivity index (χ1v) is 11.5. The maximum absolute atomic E-state index is 15.4. The average Bonchev–Trinajstić information content (AvgIpc) is 3.41. The number of carbonyl (C=O) groups is 1. The number of nitrogens with zero attached hydrogens (tertiary/aromatic N) is 3. The van der Waals surface area contributed by atoms with Crippen LogP contribution in [0.25, 0.3) is 11.5 Å². The van der Waals surface area contributed by atoms with Gasteiger partial charge in [-0.2, -0.15) is 5.26 Å². The van der Waals surface area contributed by atoms with Gasteiger partial charge in [-0.05, 0) is 50.6 Å². The van der Waals surface area contributed by atoms with Crippen LogP contribution in [-0.4, -0.2) is 27.8 Å². The zero-order valence-electron chi connectivity index (χ0n) is 19.4. The summed E-state index contributed by atoms with van der Waals surface area (Å²) in [6.07, 6.45) is -0.0431. The molecule has 0 atom stereocenters. The van der Waals surface area contributed by atoms with Crippen molar-refractivity contribution < 1.29 is 23.1 Å². The fraction of sp³-hybridized carbons (Fsp3) is 0.200. The number of hydrogen-bond acceptors (Lipinski definition) is 7. The SMILES string of the molecule is CCOC(=O)c1[nH]c(C)c(-c2nnc(Cc3ccc(Cl)c(Oc4cc(Cl)cc(C#N)c4)c3F)o2)c1C. The molecule has 11 heteroatoms. The van der Waals surface area contributed by atoms with Crippen molar-refractivity contribution in [3.63, 3.8) is 0 Å². The second-order valence-electron chi connectivity index (χ2n) is 7.76. The number of rotatable bonds is 7. The monoisotopic (exact) mass is 528 g/mol. The molecular weight excluding hydrogens is 510 g/mol. The fourth-order valence-corrected chi connectivity index (χ4v) is 4.08. The minimum atomic E-state index is -0.723. The third-order valence-electron chi connectivity index (χ3n) is 5.29. The first-order chi connectivity index (χ1) is 17.2. The van der Waals surface area contributed by atoms with E-state index in [1.807, 2.05) is 6.07 Å². The molecule has 1 N–H and O–H groups in total. The van der Waals surface area contributed by atoms with Crippen LogP contribution in [0.5, 0.6) is 11.5 Å². The van der Waals surface area contributed by atoms with Gasteiger partial charge in [0, 0.05) is 16.3 Å². The van der Waals surface area contributed by atoms with Crippen LogP contribution in [0.15, 0.2) is 34.7 Å². The van der Waals surface area contributed by atoms with E-state index in [0.717, 1.165) is 0 Å². The van der Waals surface area contributed by atoms with Gasteiger partial charge in [-0.15, -0.1) is 10.2 Å². The van der Waals surface area contributed by atoms with Crippen molar-refractivity contribution in [3.05, 3.63) is 80.2 Å². The quantitative estimate of drug-likeness (QED) is 0.270. The Morgan fingerprint density at radius 2 is 2.00 bits per heavy atom. The van der Waals surface area contributed by atoms with Gasteiger partial charge in [0.25, 0.3) is 0 Å². The van der Waals surface area contributed by atoms with E-state index in [2.05, 4.69) is 15.2 Å². The molecule has 4 aromatic rings. The third kappa shape index (κ3) is 5.05. The Hall–Kier alpha value is -3.87. The fourth-order valence-electron chi connectivity index (χ4n) is 3.67. The molecule has 2 heterocycles. The molecule has 4 rings (SSSR count). The Morgan fingerprint density at radius 3 is 2.72 bits per heavy atom. The number of carbonyl (C=O) groups excluding carboxylic acids is 1. The van der Waals surface area contributed by atoms with Gasteiger partial charge in [-0.25, -0.2) is 9.18 Å². The molecular formula is C25H19Cl2FN4O4. The number of nitrogens with one attached hydrogen (secondary N) is 1. The van der Waals surface area contributed by atoms with E-state index in [0.29, 0.717) is 22.5 Å².